The van der Waals surface area contributed by atoms with E-state index in [4.69, 9.17) is 9.84 Å². The predicted molar refractivity (Wildman–Crippen MR) is 82.0 cm³/mol. The van der Waals surface area contributed by atoms with Crippen molar-refractivity contribution >= 4 is 5.97 Å². The van der Waals surface area contributed by atoms with Gasteiger partial charge in [0.15, 0.2) is 0 Å². The SMILES string of the molecule is O=C(O)c1ccc2c(c1)O[C@H]1C[C@@H]2N(Cc2ccccc2)C1. The van der Waals surface area contributed by atoms with Gasteiger partial charge in [0.2, 0.25) is 0 Å². The molecule has 2 aliphatic heterocycles. The van der Waals surface area contributed by atoms with Crippen LogP contribution in [0.25, 0.3) is 0 Å². The molecule has 112 valence electrons. The number of carboxylic acid groups (broad SMARTS) is 1. The van der Waals surface area contributed by atoms with Gasteiger partial charge in [-0.2, -0.15) is 0 Å². The minimum Gasteiger partial charge on any atom is -0.489 e. The molecule has 1 N–H and O–H groups in total. The molecule has 4 rings (SSSR count). The topological polar surface area (TPSA) is 49.8 Å². The van der Waals surface area contributed by atoms with Gasteiger partial charge in [-0.15, -0.1) is 0 Å². The van der Waals surface area contributed by atoms with Crippen LogP contribution in [0.15, 0.2) is 48.5 Å². The van der Waals surface area contributed by atoms with Crippen molar-refractivity contribution in [3.63, 3.8) is 0 Å². The first-order chi connectivity index (χ1) is 10.7. The Morgan fingerprint density at radius 3 is 2.82 bits per heavy atom. The number of benzene rings is 2. The zero-order valence-corrected chi connectivity index (χ0v) is 12.1. The summed E-state index contributed by atoms with van der Waals surface area (Å²) in [4.78, 5) is 13.5. The zero-order valence-electron chi connectivity index (χ0n) is 12.1. The van der Waals surface area contributed by atoms with Gasteiger partial charge in [0.1, 0.15) is 11.9 Å². The van der Waals surface area contributed by atoms with Crippen LogP contribution in [0.1, 0.15) is 33.9 Å². The smallest absolute Gasteiger partial charge is 0.335 e. The lowest BCUT2D eigenvalue weighted by Gasteiger charge is -2.27. The van der Waals surface area contributed by atoms with Crippen LogP contribution in [0.3, 0.4) is 0 Å². The third kappa shape index (κ3) is 2.25. The summed E-state index contributed by atoms with van der Waals surface area (Å²) in [5.41, 5.74) is 2.68. The van der Waals surface area contributed by atoms with Crippen LogP contribution in [0.2, 0.25) is 0 Å². The van der Waals surface area contributed by atoms with E-state index in [1.54, 1.807) is 12.1 Å². The number of nitrogens with zero attached hydrogens (tertiary/aromatic N) is 1. The fraction of sp³-hybridized carbons (Fsp3) is 0.278. The molecule has 0 radical (unpaired) electrons. The van der Waals surface area contributed by atoms with Gasteiger partial charge in [0.25, 0.3) is 0 Å². The Bertz CT molecular complexity index is 714. The van der Waals surface area contributed by atoms with Crippen molar-refractivity contribution < 1.29 is 14.6 Å². The third-order valence-electron chi connectivity index (χ3n) is 4.51. The van der Waals surface area contributed by atoms with E-state index in [-0.39, 0.29) is 11.7 Å². The van der Waals surface area contributed by atoms with Crippen LogP contribution in [0.5, 0.6) is 5.75 Å². The molecule has 1 fully saturated rings. The Labute approximate surface area is 128 Å². The number of hydrogen-bond acceptors (Lipinski definition) is 3. The molecule has 2 atom stereocenters. The minimum atomic E-state index is -0.912. The largest absolute Gasteiger partial charge is 0.489 e. The van der Waals surface area contributed by atoms with Gasteiger partial charge in [-0.1, -0.05) is 36.4 Å². The lowest BCUT2D eigenvalue weighted by molar-refractivity contribution is 0.0695. The highest BCUT2D eigenvalue weighted by Crippen LogP contribution is 2.44. The van der Waals surface area contributed by atoms with E-state index in [0.717, 1.165) is 30.8 Å². The summed E-state index contributed by atoms with van der Waals surface area (Å²) >= 11 is 0. The van der Waals surface area contributed by atoms with Gasteiger partial charge in [-0.05, 0) is 17.7 Å². The van der Waals surface area contributed by atoms with Crippen molar-refractivity contribution in [3.05, 3.63) is 65.2 Å². The molecule has 0 aromatic heterocycles. The first kappa shape index (κ1) is 13.3. The Morgan fingerprint density at radius 2 is 2.05 bits per heavy atom. The maximum atomic E-state index is 11.1. The summed E-state index contributed by atoms with van der Waals surface area (Å²) in [6, 6.07) is 16.0. The summed E-state index contributed by atoms with van der Waals surface area (Å²) in [6.07, 6.45) is 1.14. The van der Waals surface area contributed by atoms with E-state index >= 15 is 0 Å². The molecule has 0 unspecified atom stereocenters. The molecule has 1 saturated heterocycles. The lowest BCUT2D eigenvalue weighted by Crippen LogP contribution is -2.23. The lowest BCUT2D eigenvalue weighted by atomic mass is 9.98. The van der Waals surface area contributed by atoms with Crippen LogP contribution >= 0.6 is 0 Å². The van der Waals surface area contributed by atoms with Gasteiger partial charge in [0, 0.05) is 31.1 Å². The Kier molecular flexibility index (Phi) is 3.12. The second kappa shape index (κ2) is 5.14. The van der Waals surface area contributed by atoms with E-state index in [9.17, 15) is 4.79 Å². The summed E-state index contributed by atoms with van der Waals surface area (Å²) in [7, 11) is 0. The van der Waals surface area contributed by atoms with Crippen molar-refractivity contribution in [2.75, 3.05) is 6.54 Å². The minimum absolute atomic E-state index is 0.158. The number of carboxylic acids is 1. The molecule has 2 heterocycles. The summed E-state index contributed by atoms with van der Waals surface area (Å²) in [5.74, 6) is -0.179. The van der Waals surface area contributed by atoms with Crippen LogP contribution in [0.4, 0.5) is 0 Å². The van der Waals surface area contributed by atoms with Gasteiger partial charge in [-0.25, -0.2) is 4.79 Å². The predicted octanol–water partition coefficient (Wildman–Crippen LogP) is 3.09. The van der Waals surface area contributed by atoms with E-state index in [2.05, 4.69) is 29.2 Å². The zero-order chi connectivity index (χ0) is 15.1. The normalized spacial score (nSPS) is 22.9. The van der Waals surface area contributed by atoms with Crippen LogP contribution in [-0.2, 0) is 6.54 Å². The summed E-state index contributed by atoms with van der Waals surface area (Å²) in [6.45, 7) is 1.78. The Morgan fingerprint density at radius 1 is 1.23 bits per heavy atom. The fourth-order valence-electron chi connectivity index (χ4n) is 3.49. The monoisotopic (exact) mass is 295 g/mol. The van der Waals surface area contributed by atoms with Crippen molar-refractivity contribution in [2.24, 2.45) is 0 Å². The number of aromatic carboxylic acids is 1. The quantitative estimate of drug-likeness (QED) is 0.945. The number of fused-ring (bicyclic) bond motifs is 4. The Balaban J connectivity index is 1.63. The molecule has 4 nitrogen and oxygen atoms in total. The molecular formula is C18H17NO3. The third-order valence-corrected chi connectivity index (χ3v) is 4.51. The number of ether oxygens (including phenoxy) is 1. The molecule has 2 bridgehead atoms. The molecule has 22 heavy (non-hydrogen) atoms. The Hall–Kier alpha value is -2.33. The van der Waals surface area contributed by atoms with Crippen LogP contribution < -0.4 is 4.74 Å². The molecular weight excluding hydrogens is 278 g/mol. The van der Waals surface area contributed by atoms with Crippen molar-refractivity contribution in [2.45, 2.75) is 25.1 Å². The highest BCUT2D eigenvalue weighted by molar-refractivity contribution is 5.88. The van der Waals surface area contributed by atoms with E-state index < -0.39 is 5.97 Å². The average Bonchev–Trinajstić information content (AvgIpc) is 2.84. The van der Waals surface area contributed by atoms with E-state index in [1.165, 1.54) is 5.56 Å². The average molecular weight is 295 g/mol. The molecule has 4 heteroatoms. The molecule has 0 amide bonds. The van der Waals surface area contributed by atoms with E-state index in [1.807, 2.05) is 12.1 Å². The van der Waals surface area contributed by atoms with Crippen molar-refractivity contribution in [1.29, 1.82) is 0 Å². The number of likely N-dealkylation sites (tertiary alicyclic amines) is 1. The van der Waals surface area contributed by atoms with Crippen molar-refractivity contribution in [1.82, 2.24) is 4.90 Å². The van der Waals surface area contributed by atoms with Crippen molar-refractivity contribution in [3.8, 4) is 5.75 Å². The molecule has 2 aliphatic rings. The van der Waals surface area contributed by atoms with Gasteiger partial charge >= 0.3 is 5.97 Å². The van der Waals surface area contributed by atoms with Gasteiger partial charge in [0.05, 0.1) is 5.56 Å². The maximum Gasteiger partial charge on any atom is 0.335 e. The summed E-state index contributed by atoms with van der Waals surface area (Å²) < 4.78 is 5.98. The molecule has 0 spiro atoms. The molecule has 2 aromatic carbocycles. The van der Waals surface area contributed by atoms with Gasteiger partial charge in [-0.3, -0.25) is 4.90 Å². The molecule has 2 aromatic rings. The van der Waals surface area contributed by atoms with Gasteiger partial charge < -0.3 is 9.84 Å². The standard InChI is InChI=1S/C18H17NO3/c20-18(21)13-6-7-15-16-9-14(22-17(15)8-13)11-19(16)10-12-4-2-1-3-5-12/h1-8,14,16H,9-11H2,(H,20,21)/t14-,16-/m0/s1. The van der Waals surface area contributed by atoms with E-state index in [0.29, 0.717) is 6.04 Å². The fourth-order valence-corrected chi connectivity index (χ4v) is 3.49. The second-order valence-electron chi connectivity index (χ2n) is 5.96. The first-order valence-corrected chi connectivity index (χ1v) is 7.52. The number of rotatable bonds is 3. The number of carbonyl (C=O) groups is 1. The van der Waals surface area contributed by atoms with Crippen LogP contribution in [-0.4, -0.2) is 28.6 Å². The molecule has 0 saturated carbocycles. The first-order valence-electron chi connectivity index (χ1n) is 7.52. The van der Waals surface area contributed by atoms with Crippen LogP contribution in [0, 0.1) is 0 Å². The maximum absolute atomic E-state index is 11.1. The highest BCUT2D eigenvalue weighted by atomic mass is 16.5. The number of hydrogen-bond donors (Lipinski definition) is 1. The molecule has 0 aliphatic carbocycles. The highest BCUT2D eigenvalue weighted by Gasteiger charge is 2.40. The summed E-state index contributed by atoms with van der Waals surface area (Å²) in [5, 5.41) is 9.11. The second-order valence-corrected chi connectivity index (χ2v) is 5.96.